The molecule has 0 aliphatic carbocycles. The van der Waals surface area contributed by atoms with Gasteiger partial charge in [-0.2, -0.15) is 0 Å². The Morgan fingerprint density at radius 1 is 1.33 bits per heavy atom. The predicted octanol–water partition coefficient (Wildman–Crippen LogP) is 2.54. The van der Waals surface area contributed by atoms with Crippen molar-refractivity contribution in [3.05, 3.63) is 33.8 Å². The van der Waals surface area contributed by atoms with Gasteiger partial charge < -0.3 is 10.1 Å². The molecule has 0 saturated heterocycles. The maximum absolute atomic E-state index is 4.96. The number of nitrogens with one attached hydrogen (secondary N) is 1. The smallest absolute Gasteiger partial charge is 0.0587 e. The molecule has 0 saturated carbocycles. The van der Waals surface area contributed by atoms with Gasteiger partial charge in [0.2, 0.25) is 0 Å². The lowest BCUT2D eigenvalue weighted by Crippen LogP contribution is -2.21. The first-order valence-electron chi connectivity index (χ1n) is 5.18. The largest absolute Gasteiger partial charge is 0.383 e. The Kier molecular flexibility index (Phi) is 5.91. The highest BCUT2D eigenvalue weighted by Crippen LogP contribution is 2.17. The zero-order valence-corrected chi connectivity index (χ0v) is 10.9. The molecule has 1 aromatic rings. The average molecular weight is 272 g/mol. The van der Waals surface area contributed by atoms with Gasteiger partial charge in [0.15, 0.2) is 0 Å². The fourth-order valence-electron chi connectivity index (χ4n) is 1.32. The van der Waals surface area contributed by atoms with Crippen molar-refractivity contribution >= 4 is 15.9 Å². The van der Waals surface area contributed by atoms with Crippen molar-refractivity contribution in [1.29, 1.82) is 0 Å². The van der Waals surface area contributed by atoms with Crippen LogP contribution in [0.15, 0.2) is 22.7 Å². The minimum Gasteiger partial charge on any atom is -0.383 e. The van der Waals surface area contributed by atoms with Crippen LogP contribution in [0.2, 0.25) is 0 Å². The van der Waals surface area contributed by atoms with Gasteiger partial charge in [0.25, 0.3) is 0 Å². The van der Waals surface area contributed by atoms with E-state index in [1.165, 1.54) is 15.6 Å². The fraction of sp³-hybridized carbons (Fsp3) is 0.500. The molecule has 1 aromatic carbocycles. The van der Waals surface area contributed by atoms with Crippen molar-refractivity contribution in [1.82, 2.24) is 5.32 Å². The van der Waals surface area contributed by atoms with E-state index in [4.69, 9.17) is 4.74 Å². The molecule has 1 N–H and O–H groups in total. The summed E-state index contributed by atoms with van der Waals surface area (Å²) in [7, 11) is 1.72. The number of aryl methyl sites for hydroxylation is 1. The maximum Gasteiger partial charge on any atom is 0.0587 e. The van der Waals surface area contributed by atoms with E-state index in [-0.39, 0.29) is 0 Å². The Morgan fingerprint density at radius 3 is 2.80 bits per heavy atom. The van der Waals surface area contributed by atoms with Crippen LogP contribution in [0.4, 0.5) is 0 Å². The summed E-state index contributed by atoms with van der Waals surface area (Å²) in [6.45, 7) is 4.80. The van der Waals surface area contributed by atoms with E-state index in [2.05, 4.69) is 46.4 Å². The zero-order valence-electron chi connectivity index (χ0n) is 9.35. The van der Waals surface area contributed by atoms with Gasteiger partial charge in [0.05, 0.1) is 6.61 Å². The average Bonchev–Trinajstić information content (AvgIpc) is 2.23. The van der Waals surface area contributed by atoms with Gasteiger partial charge in [-0.15, -0.1) is 0 Å². The highest BCUT2D eigenvalue weighted by atomic mass is 79.9. The molecule has 0 heterocycles. The van der Waals surface area contributed by atoms with Crippen LogP contribution in [-0.2, 0) is 11.2 Å². The van der Waals surface area contributed by atoms with Crippen molar-refractivity contribution in [3.8, 4) is 0 Å². The number of rotatable bonds is 6. The van der Waals surface area contributed by atoms with Crippen LogP contribution in [0.5, 0.6) is 0 Å². The van der Waals surface area contributed by atoms with E-state index >= 15 is 0 Å². The standard InChI is InChI=1S/C12H18BrNO/c1-10-3-4-11(9-12(10)13)5-6-14-7-8-15-2/h3-4,9,14H,5-8H2,1-2H3. The van der Waals surface area contributed by atoms with E-state index in [1.54, 1.807) is 7.11 Å². The van der Waals surface area contributed by atoms with Crippen LogP contribution >= 0.6 is 15.9 Å². The molecular formula is C12H18BrNO. The van der Waals surface area contributed by atoms with Crippen molar-refractivity contribution in [2.75, 3.05) is 26.8 Å². The van der Waals surface area contributed by atoms with Crippen molar-refractivity contribution in [2.24, 2.45) is 0 Å². The molecule has 0 atom stereocenters. The summed E-state index contributed by atoms with van der Waals surface area (Å²) >= 11 is 3.54. The zero-order chi connectivity index (χ0) is 11.1. The Hall–Kier alpha value is -0.380. The SMILES string of the molecule is COCCNCCc1ccc(C)c(Br)c1. The van der Waals surface area contributed by atoms with Crippen LogP contribution in [0.3, 0.4) is 0 Å². The topological polar surface area (TPSA) is 21.3 Å². The highest BCUT2D eigenvalue weighted by Gasteiger charge is 1.97. The van der Waals surface area contributed by atoms with Crippen molar-refractivity contribution < 1.29 is 4.74 Å². The van der Waals surface area contributed by atoms with Gasteiger partial charge in [-0.05, 0) is 37.1 Å². The normalized spacial score (nSPS) is 10.6. The van der Waals surface area contributed by atoms with Gasteiger partial charge in [-0.1, -0.05) is 28.1 Å². The molecule has 0 unspecified atom stereocenters. The summed E-state index contributed by atoms with van der Waals surface area (Å²) in [5.41, 5.74) is 2.64. The third-order valence-corrected chi connectivity index (χ3v) is 3.16. The third-order valence-electron chi connectivity index (χ3n) is 2.31. The van der Waals surface area contributed by atoms with Crippen LogP contribution in [-0.4, -0.2) is 26.8 Å². The van der Waals surface area contributed by atoms with E-state index < -0.39 is 0 Å². The predicted molar refractivity (Wildman–Crippen MR) is 67.3 cm³/mol. The van der Waals surface area contributed by atoms with Gasteiger partial charge in [-0.25, -0.2) is 0 Å². The maximum atomic E-state index is 4.96. The lowest BCUT2D eigenvalue weighted by molar-refractivity contribution is 0.199. The third kappa shape index (κ3) is 4.78. The summed E-state index contributed by atoms with van der Waals surface area (Å²) in [6, 6.07) is 6.51. The van der Waals surface area contributed by atoms with Crippen LogP contribution in [0.25, 0.3) is 0 Å². The summed E-state index contributed by atoms with van der Waals surface area (Å²) < 4.78 is 6.15. The van der Waals surface area contributed by atoms with Crippen molar-refractivity contribution in [2.45, 2.75) is 13.3 Å². The number of ether oxygens (including phenoxy) is 1. The highest BCUT2D eigenvalue weighted by molar-refractivity contribution is 9.10. The number of hydrogen-bond donors (Lipinski definition) is 1. The van der Waals surface area contributed by atoms with Crippen LogP contribution in [0, 0.1) is 6.92 Å². The molecule has 2 nitrogen and oxygen atoms in total. The molecule has 0 aromatic heterocycles. The van der Waals surface area contributed by atoms with Crippen molar-refractivity contribution in [3.63, 3.8) is 0 Å². The molecule has 0 radical (unpaired) electrons. The Morgan fingerprint density at radius 2 is 2.13 bits per heavy atom. The lowest BCUT2D eigenvalue weighted by atomic mass is 10.1. The Bertz CT molecular complexity index is 302. The summed E-state index contributed by atoms with van der Waals surface area (Å²) in [4.78, 5) is 0. The van der Waals surface area contributed by atoms with Crippen LogP contribution < -0.4 is 5.32 Å². The first kappa shape index (κ1) is 12.7. The quantitative estimate of drug-likeness (QED) is 0.803. The minimum absolute atomic E-state index is 0.775. The first-order chi connectivity index (χ1) is 7.24. The minimum atomic E-state index is 0.775. The molecule has 15 heavy (non-hydrogen) atoms. The second-order valence-corrected chi connectivity index (χ2v) is 4.43. The van der Waals surface area contributed by atoms with E-state index in [0.29, 0.717) is 0 Å². The molecule has 0 aliphatic heterocycles. The molecule has 0 fully saturated rings. The Labute approximate surface area is 100 Å². The molecule has 0 amide bonds. The molecular weight excluding hydrogens is 254 g/mol. The first-order valence-corrected chi connectivity index (χ1v) is 5.98. The van der Waals surface area contributed by atoms with Crippen LogP contribution in [0.1, 0.15) is 11.1 Å². The molecule has 3 heteroatoms. The molecule has 0 aliphatic rings. The number of methoxy groups -OCH3 is 1. The number of hydrogen-bond acceptors (Lipinski definition) is 2. The van der Waals surface area contributed by atoms with E-state index in [9.17, 15) is 0 Å². The second kappa shape index (κ2) is 6.99. The second-order valence-electron chi connectivity index (χ2n) is 3.58. The molecule has 0 bridgehead atoms. The molecule has 0 spiro atoms. The summed E-state index contributed by atoms with van der Waals surface area (Å²) in [6.07, 6.45) is 1.06. The monoisotopic (exact) mass is 271 g/mol. The number of halogens is 1. The van der Waals surface area contributed by atoms with E-state index in [0.717, 1.165) is 26.1 Å². The Balaban J connectivity index is 2.28. The van der Waals surface area contributed by atoms with Gasteiger partial charge in [0.1, 0.15) is 0 Å². The molecule has 1 rings (SSSR count). The summed E-state index contributed by atoms with van der Waals surface area (Å²) in [5.74, 6) is 0. The lowest BCUT2D eigenvalue weighted by Gasteiger charge is -2.05. The van der Waals surface area contributed by atoms with Gasteiger partial charge in [-0.3, -0.25) is 0 Å². The van der Waals surface area contributed by atoms with Gasteiger partial charge in [0, 0.05) is 18.1 Å². The summed E-state index contributed by atoms with van der Waals surface area (Å²) in [5, 5.41) is 3.33. The van der Waals surface area contributed by atoms with Gasteiger partial charge >= 0.3 is 0 Å². The number of benzene rings is 1. The fourth-order valence-corrected chi connectivity index (χ4v) is 1.75. The molecule has 84 valence electrons. The van der Waals surface area contributed by atoms with E-state index in [1.807, 2.05) is 0 Å².